The minimum atomic E-state index is -3.90. The van der Waals surface area contributed by atoms with Crippen LogP contribution in [0.1, 0.15) is 31.2 Å². The number of rotatable bonds is 8. The number of sulfonamides is 1. The predicted molar refractivity (Wildman–Crippen MR) is 117 cm³/mol. The maximum atomic E-state index is 13.5. The first-order valence-electron chi connectivity index (χ1n) is 10.8. The Bertz CT molecular complexity index is 1000. The number of ether oxygens (including phenoxy) is 2. The van der Waals surface area contributed by atoms with Crippen molar-refractivity contribution in [2.75, 3.05) is 26.3 Å². The van der Waals surface area contributed by atoms with Crippen molar-refractivity contribution >= 4 is 15.9 Å². The molecule has 1 N–H and O–H groups in total. The summed E-state index contributed by atoms with van der Waals surface area (Å²) in [6.07, 6.45) is 4.60. The van der Waals surface area contributed by atoms with Crippen LogP contribution >= 0.6 is 0 Å². The molecule has 0 radical (unpaired) electrons. The minimum absolute atomic E-state index is 0.0958. The van der Waals surface area contributed by atoms with Gasteiger partial charge in [-0.05, 0) is 37.0 Å². The van der Waals surface area contributed by atoms with E-state index in [0.717, 1.165) is 31.2 Å². The highest BCUT2D eigenvalue weighted by molar-refractivity contribution is 7.89. The van der Waals surface area contributed by atoms with E-state index in [4.69, 9.17) is 9.47 Å². The summed E-state index contributed by atoms with van der Waals surface area (Å²) in [7, 11) is -3.90. The Morgan fingerprint density at radius 2 is 1.71 bits per heavy atom. The zero-order chi connectivity index (χ0) is 21.7. The summed E-state index contributed by atoms with van der Waals surface area (Å²) in [5, 5.41) is 2.99. The largest absolute Gasteiger partial charge is 0.486 e. The van der Waals surface area contributed by atoms with Crippen molar-refractivity contribution in [3.63, 3.8) is 0 Å². The van der Waals surface area contributed by atoms with Crippen LogP contribution < -0.4 is 14.8 Å². The SMILES string of the molecule is O=C(CN(CCc1ccccc1)S(=O)(=O)c1ccc2c(c1)OCCO2)NC1CCCC1. The van der Waals surface area contributed by atoms with Crippen LogP contribution in [-0.4, -0.2) is 51.0 Å². The van der Waals surface area contributed by atoms with Gasteiger partial charge in [0.15, 0.2) is 11.5 Å². The molecular weight excluding hydrogens is 416 g/mol. The van der Waals surface area contributed by atoms with Gasteiger partial charge in [-0.2, -0.15) is 4.31 Å². The number of carbonyl (C=O) groups is 1. The van der Waals surface area contributed by atoms with Crippen LogP contribution in [-0.2, 0) is 21.2 Å². The van der Waals surface area contributed by atoms with Gasteiger partial charge < -0.3 is 14.8 Å². The number of hydrogen-bond acceptors (Lipinski definition) is 5. The molecule has 0 unspecified atom stereocenters. The van der Waals surface area contributed by atoms with Crippen molar-refractivity contribution in [3.05, 3.63) is 54.1 Å². The highest BCUT2D eigenvalue weighted by atomic mass is 32.2. The molecule has 0 bridgehead atoms. The Balaban J connectivity index is 1.54. The van der Waals surface area contributed by atoms with Crippen molar-refractivity contribution in [2.24, 2.45) is 0 Å². The average Bonchev–Trinajstić information content (AvgIpc) is 3.29. The van der Waals surface area contributed by atoms with Gasteiger partial charge >= 0.3 is 0 Å². The lowest BCUT2D eigenvalue weighted by atomic mass is 10.1. The first-order chi connectivity index (χ1) is 15.0. The third-order valence-corrected chi connectivity index (χ3v) is 7.53. The molecule has 7 nitrogen and oxygen atoms in total. The molecule has 166 valence electrons. The Labute approximate surface area is 183 Å². The fourth-order valence-electron chi connectivity index (χ4n) is 4.02. The van der Waals surface area contributed by atoms with E-state index in [-0.39, 0.29) is 29.9 Å². The van der Waals surface area contributed by atoms with Gasteiger partial charge in [-0.15, -0.1) is 0 Å². The third kappa shape index (κ3) is 5.37. The Morgan fingerprint density at radius 3 is 2.45 bits per heavy atom. The first-order valence-corrected chi connectivity index (χ1v) is 12.2. The Kier molecular flexibility index (Phi) is 6.77. The zero-order valence-electron chi connectivity index (χ0n) is 17.5. The average molecular weight is 445 g/mol. The summed E-state index contributed by atoms with van der Waals surface area (Å²) in [6.45, 7) is 0.806. The smallest absolute Gasteiger partial charge is 0.243 e. The van der Waals surface area contributed by atoms with E-state index in [9.17, 15) is 13.2 Å². The van der Waals surface area contributed by atoms with Crippen LogP contribution in [0.4, 0.5) is 0 Å². The fraction of sp³-hybridized carbons (Fsp3) is 0.435. The van der Waals surface area contributed by atoms with Gasteiger partial charge in [-0.1, -0.05) is 43.2 Å². The number of nitrogens with zero attached hydrogens (tertiary/aromatic N) is 1. The third-order valence-electron chi connectivity index (χ3n) is 5.68. The summed E-state index contributed by atoms with van der Waals surface area (Å²) >= 11 is 0. The molecule has 1 fully saturated rings. The topological polar surface area (TPSA) is 84.9 Å². The number of fused-ring (bicyclic) bond motifs is 1. The van der Waals surface area contributed by atoms with Gasteiger partial charge in [0.05, 0.1) is 11.4 Å². The summed E-state index contributed by atoms with van der Waals surface area (Å²) < 4.78 is 39.2. The molecule has 0 aromatic heterocycles. The van der Waals surface area contributed by atoms with Crippen molar-refractivity contribution in [2.45, 2.75) is 43.0 Å². The molecule has 0 spiro atoms. The number of benzene rings is 2. The fourth-order valence-corrected chi connectivity index (χ4v) is 5.43. The van der Waals surface area contributed by atoms with Gasteiger partial charge in [0.2, 0.25) is 15.9 Å². The van der Waals surface area contributed by atoms with E-state index in [0.29, 0.717) is 31.1 Å². The highest BCUT2D eigenvalue weighted by Crippen LogP contribution is 2.33. The van der Waals surface area contributed by atoms with E-state index >= 15 is 0 Å². The Morgan fingerprint density at radius 1 is 1.00 bits per heavy atom. The van der Waals surface area contributed by atoms with E-state index < -0.39 is 10.0 Å². The highest BCUT2D eigenvalue weighted by Gasteiger charge is 2.29. The van der Waals surface area contributed by atoms with Crippen LogP contribution in [0.2, 0.25) is 0 Å². The molecular formula is C23H28N2O5S. The van der Waals surface area contributed by atoms with Crippen LogP contribution in [0.5, 0.6) is 11.5 Å². The van der Waals surface area contributed by atoms with Gasteiger partial charge in [-0.25, -0.2) is 8.42 Å². The van der Waals surface area contributed by atoms with Crippen LogP contribution in [0.25, 0.3) is 0 Å². The summed E-state index contributed by atoms with van der Waals surface area (Å²) in [4.78, 5) is 12.8. The molecule has 0 atom stereocenters. The molecule has 4 rings (SSSR count). The minimum Gasteiger partial charge on any atom is -0.486 e. The van der Waals surface area contributed by atoms with E-state index in [1.54, 1.807) is 6.07 Å². The number of amides is 1. The first kappa shape index (κ1) is 21.6. The number of nitrogens with one attached hydrogen (secondary N) is 1. The summed E-state index contributed by atoms with van der Waals surface area (Å²) in [6, 6.07) is 14.4. The van der Waals surface area contributed by atoms with Crippen LogP contribution in [0, 0.1) is 0 Å². The molecule has 1 heterocycles. The van der Waals surface area contributed by atoms with E-state index in [2.05, 4.69) is 5.32 Å². The molecule has 2 aliphatic rings. The lowest BCUT2D eigenvalue weighted by molar-refractivity contribution is -0.122. The van der Waals surface area contributed by atoms with Crippen molar-refractivity contribution in [3.8, 4) is 11.5 Å². The molecule has 0 saturated heterocycles. The molecule has 1 aliphatic heterocycles. The Hall–Kier alpha value is -2.58. The molecule has 2 aromatic carbocycles. The van der Waals surface area contributed by atoms with E-state index in [1.807, 2.05) is 30.3 Å². The van der Waals surface area contributed by atoms with Gasteiger partial charge in [0.1, 0.15) is 13.2 Å². The van der Waals surface area contributed by atoms with Crippen LogP contribution in [0.3, 0.4) is 0 Å². The molecule has 1 aliphatic carbocycles. The second-order valence-corrected chi connectivity index (χ2v) is 9.87. The van der Waals surface area contributed by atoms with Crippen molar-refractivity contribution in [1.29, 1.82) is 0 Å². The second kappa shape index (κ2) is 9.70. The predicted octanol–water partition coefficient (Wildman–Crippen LogP) is 2.75. The standard InChI is InChI=1S/C23H28N2O5S/c26-23(24-19-8-4-5-9-19)17-25(13-12-18-6-2-1-3-7-18)31(27,28)20-10-11-21-22(16-20)30-15-14-29-21/h1-3,6-7,10-11,16,19H,4-5,8-9,12-15,17H2,(H,24,26). The molecule has 1 amide bonds. The quantitative estimate of drug-likeness (QED) is 0.677. The maximum Gasteiger partial charge on any atom is 0.243 e. The lowest BCUT2D eigenvalue weighted by Crippen LogP contribution is -2.44. The second-order valence-electron chi connectivity index (χ2n) is 7.93. The van der Waals surface area contributed by atoms with Gasteiger partial charge in [0, 0.05) is 18.7 Å². The van der Waals surface area contributed by atoms with Crippen LogP contribution in [0.15, 0.2) is 53.4 Å². The zero-order valence-corrected chi connectivity index (χ0v) is 18.3. The van der Waals surface area contributed by atoms with Crippen molar-refractivity contribution in [1.82, 2.24) is 9.62 Å². The molecule has 2 aromatic rings. The van der Waals surface area contributed by atoms with Crippen molar-refractivity contribution < 1.29 is 22.7 Å². The maximum absolute atomic E-state index is 13.5. The number of carbonyl (C=O) groups excluding carboxylic acids is 1. The lowest BCUT2D eigenvalue weighted by Gasteiger charge is -2.24. The summed E-state index contributed by atoms with van der Waals surface area (Å²) in [5.41, 5.74) is 1.01. The monoisotopic (exact) mass is 444 g/mol. The van der Waals surface area contributed by atoms with Gasteiger partial charge in [-0.3, -0.25) is 4.79 Å². The molecule has 1 saturated carbocycles. The normalized spacial score (nSPS) is 16.4. The molecule has 31 heavy (non-hydrogen) atoms. The van der Waals surface area contributed by atoms with E-state index in [1.165, 1.54) is 16.4 Å². The molecule has 8 heteroatoms. The number of hydrogen-bond donors (Lipinski definition) is 1. The van der Waals surface area contributed by atoms with Gasteiger partial charge in [0.25, 0.3) is 0 Å². The summed E-state index contributed by atoms with van der Waals surface area (Å²) in [5.74, 6) is 0.673.